The minimum Gasteiger partial charge on any atom is -0.464 e. The average Bonchev–Trinajstić information content (AvgIpc) is 3.29. The van der Waals surface area contributed by atoms with Crippen LogP contribution in [0, 0.1) is 0 Å². The highest BCUT2D eigenvalue weighted by Crippen LogP contribution is 2.22. The van der Waals surface area contributed by atoms with Crippen LogP contribution >= 0.6 is 0 Å². The number of aryl methyl sites for hydroxylation is 1. The monoisotopic (exact) mass is 394 g/mol. The van der Waals surface area contributed by atoms with Crippen molar-refractivity contribution in [1.82, 2.24) is 18.9 Å². The van der Waals surface area contributed by atoms with Gasteiger partial charge in [-0.05, 0) is 17.7 Å². The lowest BCUT2D eigenvalue weighted by molar-refractivity contribution is -0.133. The van der Waals surface area contributed by atoms with E-state index in [2.05, 4.69) is 29.2 Å². The zero-order valence-electron chi connectivity index (χ0n) is 16.9. The molecule has 29 heavy (non-hydrogen) atoms. The van der Waals surface area contributed by atoms with Gasteiger partial charge in [-0.1, -0.05) is 30.3 Å². The summed E-state index contributed by atoms with van der Waals surface area (Å²) in [5.74, 6) is -0.405. The Bertz CT molecular complexity index is 1010. The lowest BCUT2D eigenvalue weighted by Gasteiger charge is -2.35. The van der Waals surface area contributed by atoms with E-state index in [9.17, 15) is 9.59 Å². The molecule has 0 unspecified atom stereocenters. The van der Waals surface area contributed by atoms with Gasteiger partial charge >= 0.3 is 5.97 Å². The van der Waals surface area contributed by atoms with E-state index in [0.29, 0.717) is 18.8 Å². The van der Waals surface area contributed by atoms with Crippen LogP contribution in [-0.2, 0) is 29.7 Å². The summed E-state index contributed by atoms with van der Waals surface area (Å²) in [6, 6.07) is 14.1. The van der Waals surface area contributed by atoms with Crippen molar-refractivity contribution in [3.05, 3.63) is 59.9 Å². The van der Waals surface area contributed by atoms with Crippen molar-refractivity contribution in [3.63, 3.8) is 0 Å². The van der Waals surface area contributed by atoms with Gasteiger partial charge in [-0.15, -0.1) is 0 Å². The van der Waals surface area contributed by atoms with Crippen molar-refractivity contribution in [1.29, 1.82) is 0 Å². The predicted octanol–water partition coefficient (Wildman–Crippen LogP) is 2.11. The maximum atomic E-state index is 13.0. The van der Waals surface area contributed by atoms with Gasteiger partial charge in [-0.25, -0.2) is 4.79 Å². The molecule has 1 aliphatic heterocycles. The van der Waals surface area contributed by atoms with Gasteiger partial charge in [-0.2, -0.15) is 0 Å². The Hall–Kier alpha value is -3.06. The largest absolute Gasteiger partial charge is 0.464 e. The van der Waals surface area contributed by atoms with Gasteiger partial charge < -0.3 is 18.8 Å². The van der Waals surface area contributed by atoms with E-state index in [1.54, 1.807) is 10.6 Å². The van der Waals surface area contributed by atoms with E-state index >= 15 is 0 Å². The molecule has 1 fully saturated rings. The van der Waals surface area contributed by atoms with E-state index in [-0.39, 0.29) is 12.5 Å². The first-order chi connectivity index (χ1) is 14.1. The molecule has 7 nitrogen and oxygen atoms in total. The molecule has 3 heterocycles. The Labute approximate surface area is 170 Å². The minimum absolute atomic E-state index is 0.0240. The number of hydrogen-bond acceptors (Lipinski definition) is 4. The molecule has 152 valence electrons. The third-order valence-corrected chi connectivity index (χ3v) is 5.62. The molecule has 0 bridgehead atoms. The number of aromatic nitrogens is 2. The van der Waals surface area contributed by atoms with Crippen LogP contribution in [0.3, 0.4) is 0 Å². The van der Waals surface area contributed by atoms with Gasteiger partial charge in [0.1, 0.15) is 12.2 Å². The van der Waals surface area contributed by atoms with E-state index in [0.717, 1.165) is 30.7 Å². The summed E-state index contributed by atoms with van der Waals surface area (Å²) in [5.41, 5.74) is 3.47. The topological polar surface area (TPSA) is 59.7 Å². The Morgan fingerprint density at radius 2 is 1.72 bits per heavy atom. The van der Waals surface area contributed by atoms with Crippen LogP contribution in [0.5, 0.6) is 0 Å². The molecule has 0 N–H and O–H groups in total. The fourth-order valence-electron chi connectivity index (χ4n) is 3.95. The number of nitrogens with zero attached hydrogens (tertiary/aromatic N) is 4. The number of fused-ring (bicyclic) bond motifs is 1. The number of piperazine rings is 1. The van der Waals surface area contributed by atoms with Crippen LogP contribution in [0.25, 0.3) is 11.0 Å². The highest BCUT2D eigenvalue weighted by atomic mass is 16.5. The van der Waals surface area contributed by atoms with Crippen LogP contribution in [0.4, 0.5) is 0 Å². The average molecular weight is 394 g/mol. The molecule has 1 saturated heterocycles. The van der Waals surface area contributed by atoms with Crippen LogP contribution in [-0.4, -0.2) is 64.1 Å². The zero-order valence-corrected chi connectivity index (χ0v) is 16.9. The number of rotatable bonds is 5. The van der Waals surface area contributed by atoms with Crippen molar-refractivity contribution in [2.24, 2.45) is 7.05 Å². The predicted molar refractivity (Wildman–Crippen MR) is 111 cm³/mol. The first-order valence-electron chi connectivity index (χ1n) is 9.83. The number of ether oxygens (including phenoxy) is 1. The molecule has 1 aromatic carbocycles. The smallest absolute Gasteiger partial charge is 0.354 e. The first kappa shape index (κ1) is 19.3. The number of amides is 1. The molecular formula is C22H26N4O3. The molecule has 3 aromatic rings. The third kappa shape index (κ3) is 3.91. The Morgan fingerprint density at radius 3 is 2.41 bits per heavy atom. The number of carbonyl (C=O) groups is 2. The normalized spacial score (nSPS) is 15.0. The number of benzene rings is 1. The fraction of sp³-hybridized carbons (Fsp3) is 0.364. The van der Waals surface area contributed by atoms with Crippen molar-refractivity contribution >= 4 is 22.9 Å². The van der Waals surface area contributed by atoms with E-state index in [1.165, 1.54) is 12.7 Å². The SMILES string of the molecule is COC(=O)c1cc2c(ccn2C)n1CC(=O)N1CCN(Cc2ccccc2)CC1. The molecule has 1 aliphatic rings. The highest BCUT2D eigenvalue weighted by molar-refractivity contribution is 5.96. The van der Waals surface area contributed by atoms with Crippen LogP contribution in [0.2, 0.25) is 0 Å². The molecule has 2 aromatic heterocycles. The Balaban J connectivity index is 1.43. The Morgan fingerprint density at radius 1 is 1.00 bits per heavy atom. The van der Waals surface area contributed by atoms with Gasteiger partial charge in [0.2, 0.25) is 5.91 Å². The summed E-state index contributed by atoms with van der Waals surface area (Å²) < 4.78 is 8.61. The fourth-order valence-corrected chi connectivity index (χ4v) is 3.95. The van der Waals surface area contributed by atoms with Gasteiger partial charge in [0.05, 0.1) is 18.1 Å². The molecular weight excluding hydrogens is 368 g/mol. The Kier molecular flexibility index (Phi) is 5.40. The summed E-state index contributed by atoms with van der Waals surface area (Å²) in [6.07, 6.45) is 1.93. The molecule has 0 saturated carbocycles. The quantitative estimate of drug-likeness (QED) is 0.622. The zero-order chi connectivity index (χ0) is 20.4. The first-order valence-corrected chi connectivity index (χ1v) is 9.83. The van der Waals surface area contributed by atoms with Crippen molar-refractivity contribution in [2.75, 3.05) is 33.3 Å². The lowest BCUT2D eigenvalue weighted by atomic mass is 10.2. The second kappa shape index (κ2) is 8.13. The van der Waals surface area contributed by atoms with E-state index < -0.39 is 5.97 Å². The minimum atomic E-state index is -0.429. The maximum Gasteiger partial charge on any atom is 0.354 e. The molecule has 1 amide bonds. The van der Waals surface area contributed by atoms with E-state index in [1.807, 2.05) is 34.8 Å². The molecule has 0 spiro atoms. The summed E-state index contributed by atoms with van der Waals surface area (Å²) in [6.45, 7) is 4.11. The van der Waals surface area contributed by atoms with Crippen molar-refractivity contribution in [2.45, 2.75) is 13.1 Å². The van der Waals surface area contributed by atoms with Crippen LogP contribution in [0.15, 0.2) is 48.7 Å². The van der Waals surface area contributed by atoms with Crippen molar-refractivity contribution < 1.29 is 14.3 Å². The van der Waals surface area contributed by atoms with E-state index in [4.69, 9.17) is 4.74 Å². The van der Waals surface area contributed by atoms with Gasteiger partial charge in [0.15, 0.2) is 0 Å². The van der Waals surface area contributed by atoms with Crippen molar-refractivity contribution in [3.8, 4) is 0 Å². The van der Waals surface area contributed by atoms with Gasteiger partial charge in [0.25, 0.3) is 0 Å². The number of esters is 1. The second-order valence-electron chi connectivity index (χ2n) is 7.45. The second-order valence-corrected chi connectivity index (χ2v) is 7.45. The molecule has 0 atom stereocenters. The summed E-state index contributed by atoms with van der Waals surface area (Å²) in [4.78, 5) is 29.4. The number of hydrogen-bond donors (Lipinski definition) is 0. The molecule has 4 rings (SSSR count). The van der Waals surface area contributed by atoms with Gasteiger partial charge in [0, 0.05) is 46.0 Å². The summed E-state index contributed by atoms with van der Waals surface area (Å²) in [7, 11) is 3.28. The standard InChI is InChI=1S/C22H26N4O3/c1-23-9-8-18-19(23)14-20(22(28)29-2)26(18)16-21(27)25-12-10-24(11-13-25)15-17-6-4-3-5-7-17/h3-9,14H,10-13,15-16H2,1-2H3. The lowest BCUT2D eigenvalue weighted by Crippen LogP contribution is -2.49. The molecule has 0 radical (unpaired) electrons. The summed E-state index contributed by atoms with van der Waals surface area (Å²) >= 11 is 0. The van der Waals surface area contributed by atoms with Crippen LogP contribution < -0.4 is 0 Å². The van der Waals surface area contributed by atoms with Gasteiger partial charge in [-0.3, -0.25) is 9.69 Å². The summed E-state index contributed by atoms with van der Waals surface area (Å²) in [5, 5.41) is 0. The number of methoxy groups -OCH3 is 1. The molecule has 0 aliphatic carbocycles. The molecule has 7 heteroatoms. The maximum absolute atomic E-state index is 13.0. The van der Waals surface area contributed by atoms with Crippen LogP contribution in [0.1, 0.15) is 16.1 Å². The number of carbonyl (C=O) groups excluding carboxylic acids is 2. The highest BCUT2D eigenvalue weighted by Gasteiger charge is 2.24. The third-order valence-electron chi connectivity index (χ3n) is 5.62.